The second kappa shape index (κ2) is 11.9. The molecule has 0 fully saturated rings. The highest BCUT2D eigenvalue weighted by Gasteiger charge is 1.79. The largest absolute Gasteiger partial charge is 0.503 e. The Morgan fingerprint density at radius 3 is 1.55 bits per heavy atom. The lowest BCUT2D eigenvalue weighted by Crippen LogP contribution is -2.03. The number of carboxylic acid groups (broad SMARTS) is 2. The second-order valence-corrected chi connectivity index (χ2v) is 1.34. The molecule has 0 bridgehead atoms. The molecule has 6 nitrogen and oxygen atoms in total. The summed E-state index contributed by atoms with van der Waals surface area (Å²) in [5, 5.41) is 30.1. The molecule has 0 saturated heterocycles. The fraction of sp³-hybridized carbons (Fsp3) is 0.800. The summed E-state index contributed by atoms with van der Waals surface area (Å²) in [5.74, 6) is 0. The van der Waals surface area contributed by atoms with Gasteiger partial charge in [-0.05, 0) is 0 Å². The molecule has 4 N–H and O–H groups in total. The van der Waals surface area contributed by atoms with Gasteiger partial charge in [-0.1, -0.05) is 0 Å². The van der Waals surface area contributed by atoms with Crippen LogP contribution in [0.1, 0.15) is 0 Å². The molecule has 0 aromatic carbocycles. The molecule has 0 aliphatic heterocycles. The number of rotatable bonds is 4. The summed E-state index contributed by atoms with van der Waals surface area (Å²) < 4.78 is 4.63. The monoisotopic (exact) mass is 168 g/mol. The van der Waals surface area contributed by atoms with Gasteiger partial charge in [-0.25, -0.2) is 4.79 Å². The van der Waals surface area contributed by atoms with Gasteiger partial charge < -0.3 is 25.2 Å². The fourth-order valence-electron chi connectivity index (χ4n) is 0.231. The van der Waals surface area contributed by atoms with Gasteiger partial charge in [0.2, 0.25) is 0 Å². The Hall–Kier alpha value is -0.850. The number of ether oxygens (including phenoxy) is 1. The molecule has 0 aromatic rings. The lowest BCUT2D eigenvalue weighted by Gasteiger charge is -1.94. The molecule has 0 spiro atoms. The molecule has 0 amide bonds. The van der Waals surface area contributed by atoms with Gasteiger partial charge in [-0.3, -0.25) is 0 Å². The zero-order chi connectivity index (χ0) is 9.11. The van der Waals surface area contributed by atoms with E-state index in [-0.39, 0.29) is 13.2 Å². The van der Waals surface area contributed by atoms with Crippen molar-refractivity contribution >= 4 is 6.16 Å². The lowest BCUT2D eigenvalue weighted by atomic mass is 10.7. The average Bonchev–Trinajstić information content (AvgIpc) is 1.88. The van der Waals surface area contributed by atoms with Crippen LogP contribution in [-0.2, 0) is 4.74 Å². The van der Waals surface area contributed by atoms with E-state index in [9.17, 15) is 0 Å². The van der Waals surface area contributed by atoms with Crippen molar-refractivity contribution in [3.8, 4) is 0 Å². The average molecular weight is 168 g/mol. The first-order valence-corrected chi connectivity index (χ1v) is 2.86. The van der Waals surface area contributed by atoms with Crippen LogP contribution in [-0.4, -0.2) is 53.0 Å². The zero-order valence-corrected chi connectivity index (χ0v) is 5.93. The topological polar surface area (TPSA) is 107 Å². The molecular formula is C5H12O6. The predicted octanol–water partition coefficient (Wildman–Crippen LogP) is -0.790. The van der Waals surface area contributed by atoms with Crippen molar-refractivity contribution in [1.29, 1.82) is 0 Å². The van der Waals surface area contributed by atoms with Crippen molar-refractivity contribution < 1.29 is 30.0 Å². The number of aliphatic hydroxyl groups excluding tert-OH is 2. The van der Waals surface area contributed by atoms with Gasteiger partial charge >= 0.3 is 6.16 Å². The van der Waals surface area contributed by atoms with Crippen LogP contribution in [0.2, 0.25) is 0 Å². The first kappa shape index (κ1) is 12.8. The Balaban J connectivity index is 0. The Kier molecular flexibility index (Phi) is 13.8. The van der Waals surface area contributed by atoms with Crippen molar-refractivity contribution in [2.24, 2.45) is 0 Å². The van der Waals surface area contributed by atoms with E-state index in [0.29, 0.717) is 13.2 Å². The minimum absolute atomic E-state index is 0.0278. The number of hydrogen-bond acceptors (Lipinski definition) is 4. The molecule has 11 heavy (non-hydrogen) atoms. The summed E-state index contributed by atoms with van der Waals surface area (Å²) in [6.45, 7) is 0.696. The maximum absolute atomic E-state index is 8.56. The minimum atomic E-state index is -1.83. The Labute approximate surface area is 63.7 Å². The van der Waals surface area contributed by atoms with Crippen LogP contribution in [0.3, 0.4) is 0 Å². The van der Waals surface area contributed by atoms with Gasteiger partial charge in [-0.15, -0.1) is 0 Å². The van der Waals surface area contributed by atoms with Crippen LogP contribution in [0.25, 0.3) is 0 Å². The van der Waals surface area contributed by atoms with E-state index in [1.807, 2.05) is 0 Å². The minimum Gasteiger partial charge on any atom is -0.450 e. The van der Waals surface area contributed by atoms with Crippen LogP contribution >= 0.6 is 0 Å². The van der Waals surface area contributed by atoms with Crippen LogP contribution in [0.15, 0.2) is 0 Å². The third-order valence-corrected chi connectivity index (χ3v) is 0.471. The normalized spacial score (nSPS) is 8.18. The first-order chi connectivity index (χ1) is 5.15. The first-order valence-electron chi connectivity index (χ1n) is 2.86. The quantitative estimate of drug-likeness (QED) is 0.410. The highest BCUT2D eigenvalue weighted by molar-refractivity contribution is 5.53. The van der Waals surface area contributed by atoms with Crippen molar-refractivity contribution in [2.45, 2.75) is 0 Å². The summed E-state index contributed by atoms with van der Waals surface area (Å²) in [6.07, 6.45) is -1.83. The molecule has 6 heteroatoms. The Morgan fingerprint density at radius 1 is 1.09 bits per heavy atom. The Morgan fingerprint density at radius 2 is 1.36 bits per heavy atom. The van der Waals surface area contributed by atoms with Gasteiger partial charge in [0.1, 0.15) is 0 Å². The van der Waals surface area contributed by atoms with E-state index in [4.69, 9.17) is 25.2 Å². The molecule has 0 aromatic heterocycles. The maximum Gasteiger partial charge on any atom is 0.503 e. The molecule has 68 valence electrons. The smallest absolute Gasteiger partial charge is 0.450 e. The van der Waals surface area contributed by atoms with E-state index in [2.05, 4.69) is 4.74 Å². The zero-order valence-electron chi connectivity index (χ0n) is 5.93. The molecule has 0 rings (SSSR count). The van der Waals surface area contributed by atoms with Gasteiger partial charge in [0, 0.05) is 0 Å². The van der Waals surface area contributed by atoms with Gasteiger partial charge in [0.15, 0.2) is 0 Å². The second-order valence-electron chi connectivity index (χ2n) is 1.34. The standard InChI is InChI=1S/C4H10O3.CH2O3/c5-1-3-7-4-2-6;2-1(3)4/h5-6H,1-4H2;(H2,2,3,4). The summed E-state index contributed by atoms with van der Waals surface area (Å²) in [5.41, 5.74) is 0. The third-order valence-electron chi connectivity index (χ3n) is 0.471. The van der Waals surface area contributed by atoms with Crippen molar-refractivity contribution in [1.82, 2.24) is 0 Å². The molecule has 0 heterocycles. The number of aliphatic hydroxyl groups is 2. The summed E-state index contributed by atoms with van der Waals surface area (Å²) in [6, 6.07) is 0. The number of hydrogen-bond donors (Lipinski definition) is 4. The van der Waals surface area contributed by atoms with E-state index >= 15 is 0 Å². The molecule has 0 aliphatic rings. The highest BCUT2D eigenvalue weighted by atomic mass is 16.6. The molecule has 0 saturated carbocycles. The molecular weight excluding hydrogens is 156 g/mol. The molecule has 0 atom stereocenters. The van der Waals surface area contributed by atoms with E-state index in [1.54, 1.807) is 0 Å². The fourth-order valence-corrected chi connectivity index (χ4v) is 0.231. The SMILES string of the molecule is O=C(O)O.OCCOCCO. The number of carbonyl (C=O) groups is 1. The van der Waals surface area contributed by atoms with Crippen LogP contribution in [0, 0.1) is 0 Å². The summed E-state index contributed by atoms with van der Waals surface area (Å²) >= 11 is 0. The van der Waals surface area contributed by atoms with E-state index in [0.717, 1.165) is 0 Å². The predicted molar refractivity (Wildman–Crippen MR) is 35.6 cm³/mol. The van der Waals surface area contributed by atoms with Crippen LogP contribution < -0.4 is 0 Å². The van der Waals surface area contributed by atoms with Crippen LogP contribution in [0.5, 0.6) is 0 Å². The third kappa shape index (κ3) is 47.1. The van der Waals surface area contributed by atoms with E-state index < -0.39 is 6.16 Å². The Bertz CT molecular complexity index is 75.0. The van der Waals surface area contributed by atoms with Gasteiger partial charge in [0.25, 0.3) is 0 Å². The van der Waals surface area contributed by atoms with Gasteiger partial charge in [-0.2, -0.15) is 0 Å². The van der Waals surface area contributed by atoms with Gasteiger partial charge in [0.05, 0.1) is 26.4 Å². The highest BCUT2D eigenvalue weighted by Crippen LogP contribution is 1.68. The maximum atomic E-state index is 8.56. The lowest BCUT2D eigenvalue weighted by molar-refractivity contribution is 0.0650. The molecule has 0 aliphatic carbocycles. The summed E-state index contributed by atoms with van der Waals surface area (Å²) in [7, 11) is 0. The molecule has 0 unspecified atom stereocenters. The van der Waals surface area contributed by atoms with Crippen molar-refractivity contribution in [2.75, 3.05) is 26.4 Å². The summed E-state index contributed by atoms with van der Waals surface area (Å²) in [4.78, 5) is 8.56. The van der Waals surface area contributed by atoms with E-state index in [1.165, 1.54) is 0 Å². The van der Waals surface area contributed by atoms with Crippen molar-refractivity contribution in [3.63, 3.8) is 0 Å². The van der Waals surface area contributed by atoms with Crippen LogP contribution in [0.4, 0.5) is 4.79 Å². The molecule has 0 radical (unpaired) electrons. The van der Waals surface area contributed by atoms with Crippen molar-refractivity contribution in [3.05, 3.63) is 0 Å².